The Morgan fingerprint density at radius 3 is 2.82 bits per heavy atom. The van der Waals surface area contributed by atoms with E-state index in [9.17, 15) is 4.79 Å². The zero-order chi connectivity index (χ0) is 19.8. The quantitative estimate of drug-likeness (QED) is 0.657. The van der Waals surface area contributed by atoms with Gasteiger partial charge in [-0.3, -0.25) is 9.69 Å². The van der Waals surface area contributed by atoms with Gasteiger partial charge in [-0.15, -0.1) is 11.3 Å². The molecule has 0 saturated heterocycles. The number of aryl methyl sites for hydroxylation is 3. The minimum Gasteiger partial charge on any atom is -0.361 e. The molecule has 2 aromatic heterocycles. The molecule has 0 radical (unpaired) electrons. The van der Waals surface area contributed by atoms with Crippen LogP contribution in [0.25, 0.3) is 11.3 Å². The highest BCUT2D eigenvalue weighted by Gasteiger charge is 2.26. The van der Waals surface area contributed by atoms with Crippen molar-refractivity contribution in [1.29, 1.82) is 0 Å². The van der Waals surface area contributed by atoms with Gasteiger partial charge in [0.05, 0.1) is 22.9 Å². The molecule has 3 heterocycles. The van der Waals surface area contributed by atoms with Crippen molar-refractivity contribution in [3.05, 3.63) is 51.2 Å². The first-order chi connectivity index (χ1) is 13.4. The van der Waals surface area contributed by atoms with Gasteiger partial charge in [0.15, 0.2) is 0 Å². The van der Waals surface area contributed by atoms with Crippen molar-refractivity contribution in [2.45, 2.75) is 33.7 Å². The van der Waals surface area contributed by atoms with E-state index < -0.39 is 0 Å². The molecule has 1 aromatic carbocycles. The smallest absolute Gasteiger partial charge is 0.241 e. The molecular formula is C21H24N4O2S. The van der Waals surface area contributed by atoms with Crippen molar-refractivity contribution in [2.75, 3.05) is 25.0 Å². The van der Waals surface area contributed by atoms with E-state index in [-0.39, 0.29) is 5.91 Å². The number of likely N-dealkylation sites (N-methyl/N-ethyl adjacent to an activating group) is 1. The third-order valence-corrected chi connectivity index (χ3v) is 5.98. The van der Waals surface area contributed by atoms with Crippen LogP contribution in [0.4, 0.5) is 5.69 Å². The van der Waals surface area contributed by atoms with Gasteiger partial charge in [0.2, 0.25) is 5.91 Å². The van der Waals surface area contributed by atoms with E-state index in [0.717, 1.165) is 51.9 Å². The number of anilines is 1. The van der Waals surface area contributed by atoms with Crippen LogP contribution in [0.15, 0.2) is 28.1 Å². The molecule has 28 heavy (non-hydrogen) atoms. The molecule has 0 unspecified atom stereocenters. The Balaban J connectivity index is 1.45. The van der Waals surface area contributed by atoms with Crippen molar-refractivity contribution in [3.63, 3.8) is 0 Å². The van der Waals surface area contributed by atoms with Gasteiger partial charge >= 0.3 is 0 Å². The fraction of sp³-hybridized carbons (Fsp3) is 0.381. The van der Waals surface area contributed by atoms with Crippen LogP contribution in [0.3, 0.4) is 0 Å². The second-order valence-electron chi connectivity index (χ2n) is 7.37. The predicted molar refractivity (Wildman–Crippen MR) is 111 cm³/mol. The number of benzene rings is 1. The summed E-state index contributed by atoms with van der Waals surface area (Å²) in [6.45, 7) is 7.59. The van der Waals surface area contributed by atoms with E-state index in [1.54, 1.807) is 11.3 Å². The maximum Gasteiger partial charge on any atom is 0.241 e. The lowest BCUT2D eigenvalue weighted by Crippen LogP contribution is -2.38. The molecule has 0 bridgehead atoms. The summed E-state index contributed by atoms with van der Waals surface area (Å²) in [7, 11) is 1.95. The van der Waals surface area contributed by atoms with Gasteiger partial charge in [0.25, 0.3) is 0 Å². The minimum absolute atomic E-state index is 0.116. The van der Waals surface area contributed by atoms with Crippen LogP contribution >= 0.6 is 11.3 Å². The Morgan fingerprint density at radius 2 is 2.14 bits per heavy atom. The van der Waals surface area contributed by atoms with Crippen LogP contribution < -0.4 is 4.90 Å². The summed E-state index contributed by atoms with van der Waals surface area (Å²) in [5, 5.41) is 7.13. The topological polar surface area (TPSA) is 62.5 Å². The van der Waals surface area contributed by atoms with Crippen LogP contribution in [-0.4, -0.2) is 41.1 Å². The monoisotopic (exact) mass is 396 g/mol. The van der Waals surface area contributed by atoms with Crippen molar-refractivity contribution >= 4 is 22.9 Å². The highest BCUT2D eigenvalue weighted by Crippen LogP contribution is 2.33. The average molecular weight is 397 g/mol. The largest absolute Gasteiger partial charge is 0.361 e. The molecule has 6 nitrogen and oxygen atoms in total. The number of aromatic nitrogens is 2. The molecule has 0 saturated carbocycles. The summed E-state index contributed by atoms with van der Waals surface area (Å²) in [6, 6.07) is 6.29. The van der Waals surface area contributed by atoms with Gasteiger partial charge in [0.1, 0.15) is 5.76 Å². The lowest BCUT2D eigenvalue weighted by Gasteiger charge is -2.22. The first-order valence-corrected chi connectivity index (χ1v) is 10.3. The number of hydrogen-bond acceptors (Lipinski definition) is 6. The van der Waals surface area contributed by atoms with E-state index >= 15 is 0 Å². The average Bonchev–Trinajstić information content (AvgIpc) is 3.36. The predicted octanol–water partition coefficient (Wildman–Crippen LogP) is 3.74. The van der Waals surface area contributed by atoms with Crippen molar-refractivity contribution < 1.29 is 9.32 Å². The summed E-state index contributed by atoms with van der Waals surface area (Å²) >= 11 is 1.66. The van der Waals surface area contributed by atoms with Crippen LogP contribution in [0.2, 0.25) is 0 Å². The number of nitrogens with zero attached hydrogens (tertiary/aromatic N) is 4. The normalized spacial score (nSPS) is 13.4. The van der Waals surface area contributed by atoms with E-state index in [1.165, 1.54) is 5.56 Å². The fourth-order valence-corrected chi connectivity index (χ4v) is 4.31. The molecular weight excluding hydrogens is 372 g/mol. The molecule has 0 aliphatic carbocycles. The third-order valence-electron chi connectivity index (χ3n) is 5.21. The lowest BCUT2D eigenvalue weighted by molar-refractivity contribution is -0.119. The van der Waals surface area contributed by atoms with Crippen LogP contribution in [0.5, 0.6) is 0 Å². The third kappa shape index (κ3) is 3.59. The van der Waals surface area contributed by atoms with Gasteiger partial charge in [-0.1, -0.05) is 11.2 Å². The number of rotatable bonds is 5. The molecule has 0 fully saturated rings. The number of carbonyl (C=O) groups excluding carboxylic acids is 1. The molecule has 0 atom stereocenters. The van der Waals surface area contributed by atoms with E-state index in [0.29, 0.717) is 13.1 Å². The Morgan fingerprint density at radius 1 is 1.32 bits per heavy atom. The molecule has 1 amide bonds. The minimum atomic E-state index is 0.116. The van der Waals surface area contributed by atoms with E-state index in [2.05, 4.69) is 33.7 Å². The lowest BCUT2D eigenvalue weighted by atomic mass is 10.1. The Bertz CT molecular complexity index is 1000. The molecule has 3 aromatic rings. The molecule has 4 rings (SSSR count). The SMILES string of the molecule is Cc1nc(-c2ccc3c(c2)CCN3C(=O)CN(C)Cc2c(C)noc2C)cs1. The van der Waals surface area contributed by atoms with Gasteiger partial charge in [0, 0.05) is 35.3 Å². The summed E-state index contributed by atoms with van der Waals surface area (Å²) in [4.78, 5) is 21.4. The molecule has 0 spiro atoms. The number of fused-ring (bicyclic) bond motifs is 1. The molecule has 146 valence electrons. The Labute approximate surface area is 168 Å². The van der Waals surface area contributed by atoms with Gasteiger partial charge in [-0.05, 0) is 51.9 Å². The number of amides is 1. The van der Waals surface area contributed by atoms with Crippen LogP contribution in [0.1, 0.15) is 27.6 Å². The molecule has 0 N–H and O–H groups in total. The summed E-state index contributed by atoms with van der Waals surface area (Å²) < 4.78 is 5.22. The van der Waals surface area contributed by atoms with E-state index in [1.807, 2.05) is 37.6 Å². The standard InChI is InChI=1S/C21H24N4O2S/c1-13-18(14(2)27-23-13)10-24(4)11-21(26)25-8-7-17-9-16(5-6-20(17)25)19-12-28-15(3)22-19/h5-6,9,12H,7-8,10-11H2,1-4H3. The second-order valence-corrected chi connectivity index (χ2v) is 8.43. The molecule has 7 heteroatoms. The zero-order valence-electron chi connectivity index (χ0n) is 16.7. The molecule has 1 aliphatic heterocycles. The summed E-state index contributed by atoms with van der Waals surface area (Å²) in [5.41, 5.74) is 6.30. The zero-order valence-corrected chi connectivity index (χ0v) is 17.5. The summed E-state index contributed by atoms with van der Waals surface area (Å²) in [6.07, 6.45) is 0.881. The highest BCUT2D eigenvalue weighted by atomic mass is 32.1. The van der Waals surface area contributed by atoms with Gasteiger partial charge < -0.3 is 9.42 Å². The van der Waals surface area contributed by atoms with Crippen LogP contribution in [-0.2, 0) is 17.8 Å². The maximum atomic E-state index is 12.9. The number of thiazole rings is 1. The first-order valence-electron chi connectivity index (χ1n) is 9.38. The van der Waals surface area contributed by atoms with E-state index in [4.69, 9.17) is 4.52 Å². The number of hydrogen-bond donors (Lipinski definition) is 0. The van der Waals surface area contributed by atoms with Crippen LogP contribution in [0, 0.1) is 20.8 Å². The summed E-state index contributed by atoms with van der Waals surface area (Å²) in [5.74, 6) is 0.929. The fourth-order valence-electron chi connectivity index (χ4n) is 3.69. The highest BCUT2D eigenvalue weighted by molar-refractivity contribution is 7.09. The number of carbonyl (C=O) groups is 1. The first kappa shape index (κ1) is 18.8. The van der Waals surface area contributed by atoms with Gasteiger partial charge in [-0.25, -0.2) is 4.98 Å². The Kier molecular flexibility index (Phi) is 5.03. The Hall–Kier alpha value is -2.51. The molecule has 1 aliphatic rings. The second kappa shape index (κ2) is 7.48. The van der Waals surface area contributed by atoms with Crippen molar-refractivity contribution in [3.8, 4) is 11.3 Å². The van der Waals surface area contributed by atoms with Crippen molar-refractivity contribution in [2.24, 2.45) is 0 Å². The van der Waals surface area contributed by atoms with Crippen molar-refractivity contribution in [1.82, 2.24) is 15.0 Å². The van der Waals surface area contributed by atoms with Gasteiger partial charge in [-0.2, -0.15) is 0 Å². The maximum absolute atomic E-state index is 12.9.